The minimum Gasteiger partial charge on any atom is -0.507 e. The second kappa shape index (κ2) is 29.4. The van der Waals surface area contributed by atoms with Gasteiger partial charge in [0.15, 0.2) is 0 Å². The van der Waals surface area contributed by atoms with Crippen LogP contribution in [-0.4, -0.2) is 132 Å². The molecule has 4 aromatic carbocycles. The van der Waals surface area contributed by atoms with E-state index in [4.69, 9.17) is 20.9 Å². The molecule has 0 radical (unpaired) electrons. The number of benzene rings is 4. The van der Waals surface area contributed by atoms with E-state index in [1.54, 1.807) is 19.1 Å². The van der Waals surface area contributed by atoms with Crippen molar-refractivity contribution >= 4 is 53.4 Å². The van der Waals surface area contributed by atoms with Gasteiger partial charge in [0.1, 0.15) is 47.8 Å². The summed E-state index contributed by atoms with van der Waals surface area (Å²) < 4.78 is 11.0. The number of carbonyl (C=O) groups excluding carboxylic acids is 9. The molecule has 2 aliphatic heterocycles. The first-order chi connectivity index (χ1) is 39.1. The van der Waals surface area contributed by atoms with Gasteiger partial charge >= 0.3 is 6.16 Å². The number of hydrogen-bond donors (Lipinski definition) is 8. The Bertz CT molecular complexity index is 2950. The van der Waals surface area contributed by atoms with Crippen LogP contribution in [-0.2, 0) is 51.1 Å². The van der Waals surface area contributed by atoms with Crippen molar-refractivity contribution in [2.45, 2.75) is 136 Å². The summed E-state index contributed by atoms with van der Waals surface area (Å²) in [7, 11) is 1.35. The number of nitrogens with zero attached hydrogens (tertiary/aromatic N) is 2. The Morgan fingerprint density at radius 3 is 2.20 bits per heavy atom. The molecule has 10 N–H and O–H groups in total. The molecular weight excluding hydrogens is 1050 g/mol. The Morgan fingerprint density at radius 2 is 1.54 bits per heavy atom. The van der Waals surface area contributed by atoms with Crippen LogP contribution in [0, 0.1) is 11.8 Å². The lowest BCUT2D eigenvalue weighted by atomic mass is 9.93. The van der Waals surface area contributed by atoms with Crippen molar-refractivity contribution in [3.05, 3.63) is 107 Å². The summed E-state index contributed by atoms with van der Waals surface area (Å²) in [6.45, 7) is 10.7. The molecule has 21 heteroatoms. The highest BCUT2D eigenvalue weighted by Gasteiger charge is 2.39. The molecule has 0 spiro atoms. The number of phenols is 1. The van der Waals surface area contributed by atoms with Crippen LogP contribution in [0.3, 0.4) is 0 Å². The first-order valence-corrected chi connectivity index (χ1v) is 28.2. The number of amides is 8. The predicted molar refractivity (Wildman–Crippen MR) is 307 cm³/mol. The van der Waals surface area contributed by atoms with E-state index in [9.17, 15) is 48.3 Å². The van der Waals surface area contributed by atoms with Gasteiger partial charge in [-0.15, -0.1) is 0 Å². The zero-order chi connectivity index (χ0) is 59.8. The van der Waals surface area contributed by atoms with Crippen LogP contribution >= 0.6 is 0 Å². The van der Waals surface area contributed by atoms with Gasteiger partial charge in [-0.05, 0) is 135 Å². The minimum atomic E-state index is -1.57. The maximum atomic E-state index is 15.0. The Labute approximate surface area is 479 Å². The SMILES string of the molecule is CCCCc1ccc(-c2ccc(C(=O)NC[C@@H](C)C(=O)N[C@@H](CCCCN)C(=O)N(C)[C@@H]3C(=O)N[C@@H](C)C(=O)N[C@H](C(=O)N[C@@H](C)C(=O)N4CCC[C@H]4C(N)=O)Cc4ccc(O)c(c4)-c4cc3ccc4OC(=O)OCC(C)C)cc2)cc1. The van der Waals surface area contributed by atoms with Crippen LogP contribution in [0.1, 0.15) is 120 Å². The number of aryl methyl sites for hydroxylation is 1. The number of hydrogen-bond acceptors (Lipinski definition) is 13. The summed E-state index contributed by atoms with van der Waals surface area (Å²) in [4.78, 5) is 127. The molecule has 7 atom stereocenters. The molecule has 0 saturated carbocycles. The van der Waals surface area contributed by atoms with Crippen LogP contribution in [0.25, 0.3) is 22.3 Å². The summed E-state index contributed by atoms with van der Waals surface area (Å²) in [6.07, 6.45) is 3.84. The smallest absolute Gasteiger partial charge is 0.507 e. The summed E-state index contributed by atoms with van der Waals surface area (Å²) in [5, 5.41) is 25.2. The zero-order valence-electron chi connectivity index (χ0n) is 47.9. The van der Waals surface area contributed by atoms with Gasteiger partial charge in [-0.3, -0.25) is 38.4 Å². The molecule has 0 unspecified atom stereocenters. The third kappa shape index (κ3) is 16.6. The van der Waals surface area contributed by atoms with Crippen molar-refractivity contribution < 1.29 is 57.7 Å². The number of carbonyl (C=O) groups is 9. The fourth-order valence-electron chi connectivity index (χ4n) is 9.83. The van der Waals surface area contributed by atoms with E-state index in [1.807, 2.05) is 26.0 Å². The van der Waals surface area contributed by atoms with Crippen molar-refractivity contribution in [1.82, 2.24) is 36.4 Å². The van der Waals surface area contributed by atoms with Crippen LogP contribution in [0.5, 0.6) is 11.5 Å². The first-order valence-electron chi connectivity index (χ1n) is 28.2. The number of likely N-dealkylation sites (tertiary alicyclic amines) is 1. The normalized spacial score (nSPS) is 18.1. The van der Waals surface area contributed by atoms with Gasteiger partial charge in [-0.2, -0.15) is 0 Å². The maximum Gasteiger partial charge on any atom is 0.513 e. The number of likely N-dealkylation sites (N-methyl/N-ethyl adjacent to an activating group) is 1. The molecule has 21 nitrogen and oxygen atoms in total. The van der Waals surface area contributed by atoms with E-state index in [0.29, 0.717) is 36.8 Å². The Morgan fingerprint density at radius 1 is 0.841 bits per heavy atom. The average Bonchev–Trinajstić information content (AvgIpc) is 4.02. The molecule has 8 amide bonds. The third-order valence-electron chi connectivity index (χ3n) is 14.6. The maximum absolute atomic E-state index is 15.0. The van der Waals surface area contributed by atoms with Gasteiger partial charge in [0, 0.05) is 43.2 Å². The lowest BCUT2D eigenvalue weighted by molar-refractivity contribution is -0.143. The Balaban J connectivity index is 1.28. The van der Waals surface area contributed by atoms with Crippen molar-refractivity contribution in [2.24, 2.45) is 23.3 Å². The molecule has 440 valence electrons. The zero-order valence-corrected chi connectivity index (χ0v) is 47.9. The molecule has 4 aromatic rings. The molecule has 0 aromatic heterocycles. The number of nitrogens with one attached hydrogen (secondary N) is 5. The van der Waals surface area contributed by atoms with Gasteiger partial charge in [0.2, 0.25) is 41.4 Å². The number of ether oxygens (including phenoxy) is 2. The van der Waals surface area contributed by atoms with Gasteiger partial charge < -0.3 is 62.4 Å². The molecule has 2 heterocycles. The number of rotatable bonds is 22. The lowest BCUT2D eigenvalue weighted by Gasteiger charge is -2.33. The van der Waals surface area contributed by atoms with Crippen molar-refractivity contribution in [3.63, 3.8) is 0 Å². The van der Waals surface area contributed by atoms with Crippen LogP contribution in [0.2, 0.25) is 0 Å². The van der Waals surface area contributed by atoms with Gasteiger partial charge in [-0.1, -0.05) is 82.6 Å². The van der Waals surface area contributed by atoms with E-state index in [0.717, 1.165) is 35.3 Å². The van der Waals surface area contributed by atoms with Crippen molar-refractivity contribution in [1.29, 1.82) is 0 Å². The van der Waals surface area contributed by atoms with Gasteiger partial charge in [-0.25, -0.2) is 4.79 Å². The van der Waals surface area contributed by atoms with Crippen molar-refractivity contribution in [2.75, 3.05) is 33.3 Å². The summed E-state index contributed by atoms with van der Waals surface area (Å²) in [5.41, 5.74) is 15.7. The number of phenolic OH excluding ortho intramolecular Hbond substituents is 1. The third-order valence-corrected chi connectivity index (χ3v) is 14.6. The highest BCUT2D eigenvalue weighted by atomic mass is 16.7. The van der Waals surface area contributed by atoms with Gasteiger partial charge in [0.05, 0.1) is 12.5 Å². The van der Waals surface area contributed by atoms with E-state index in [-0.39, 0.29) is 73.2 Å². The highest BCUT2D eigenvalue weighted by Crippen LogP contribution is 2.40. The molecular formula is C61H79N9O12. The number of aromatic hydroxyl groups is 1. The first kappa shape index (κ1) is 62.9. The number of unbranched alkanes of at least 4 members (excludes halogenated alkanes) is 2. The molecule has 6 rings (SSSR count). The minimum absolute atomic E-state index is 0.0176. The number of nitrogens with two attached hydrogens (primary N) is 2. The van der Waals surface area contributed by atoms with Crippen LogP contribution < -0.4 is 42.8 Å². The molecule has 1 fully saturated rings. The largest absolute Gasteiger partial charge is 0.513 e. The molecule has 4 bridgehead atoms. The van der Waals surface area contributed by atoms with E-state index in [1.165, 1.54) is 67.8 Å². The van der Waals surface area contributed by atoms with Gasteiger partial charge in [0.25, 0.3) is 5.91 Å². The van der Waals surface area contributed by atoms with Crippen molar-refractivity contribution in [3.8, 4) is 33.8 Å². The molecule has 1 saturated heterocycles. The van der Waals surface area contributed by atoms with Crippen LogP contribution in [0.4, 0.5) is 4.79 Å². The Hall–Kier alpha value is -8.33. The highest BCUT2D eigenvalue weighted by molar-refractivity contribution is 5.98. The lowest BCUT2D eigenvalue weighted by Crippen LogP contribution is -2.58. The van der Waals surface area contributed by atoms with E-state index >= 15 is 0 Å². The van der Waals surface area contributed by atoms with Crippen LogP contribution in [0.15, 0.2) is 84.9 Å². The van der Waals surface area contributed by atoms with E-state index < -0.39 is 95.6 Å². The summed E-state index contributed by atoms with van der Waals surface area (Å²) in [5.74, 6) is -6.72. The molecule has 2 aliphatic rings. The number of primary amides is 1. The average molecular weight is 1130 g/mol. The second-order valence-electron chi connectivity index (χ2n) is 21.7. The number of fused-ring (bicyclic) bond motifs is 5. The summed E-state index contributed by atoms with van der Waals surface area (Å²) in [6, 6.07) is 16.5. The molecule has 82 heavy (non-hydrogen) atoms. The second-order valence-corrected chi connectivity index (χ2v) is 21.7. The predicted octanol–water partition coefficient (Wildman–Crippen LogP) is 4.95. The fourth-order valence-corrected chi connectivity index (χ4v) is 9.83. The monoisotopic (exact) mass is 1130 g/mol. The Kier molecular flexibility index (Phi) is 22.5. The molecule has 0 aliphatic carbocycles. The standard InChI is InChI=1S/C61H79N9O12/c1-8-9-13-39-16-19-41(20-17-39)42-21-23-43(24-22-42)56(75)64-33-36(4)54(73)67-47(14-10-11-28-62)60(79)69(7)52-44-25-27-51(82-61(80)81-34-35(2)3)46(32-44)45-30-40(18-26-50(45)71)31-48(68-55(74)37(5)65-58(52)77)57(76)66-38(6)59(78)70-29-12-15-49(70)53(63)72/h16-27,30,32,35-38,47-49,52,71H,8-15,28-29,31,33-34,62H2,1-7H3,(H2,63,72)(H,64,75)(H,65,77)(H,66,76)(H,67,73)(H,68,74)/t36-,37+,38+,47+,48+,49+,52+/m1/s1. The quantitative estimate of drug-likeness (QED) is 0.0294. The van der Waals surface area contributed by atoms with E-state index in [2.05, 4.69) is 57.8 Å². The fraction of sp³-hybridized carbons (Fsp3) is 0.459. The summed E-state index contributed by atoms with van der Waals surface area (Å²) >= 11 is 0. The topological polar surface area (TPSA) is 311 Å².